The summed E-state index contributed by atoms with van der Waals surface area (Å²) in [5, 5.41) is 20.5. The second kappa shape index (κ2) is 16.2. The number of anilines is 1. The molecule has 0 aromatic carbocycles. The van der Waals surface area contributed by atoms with Crippen molar-refractivity contribution in [2.75, 3.05) is 11.9 Å². The molecule has 3 heterocycles. The van der Waals surface area contributed by atoms with Gasteiger partial charge in [0.25, 0.3) is 11.8 Å². The third kappa shape index (κ3) is 12.9. The van der Waals surface area contributed by atoms with Gasteiger partial charge in [0.1, 0.15) is 28.5 Å². The van der Waals surface area contributed by atoms with Gasteiger partial charge in [0.15, 0.2) is 10.8 Å². The third-order valence-electron chi connectivity index (χ3n) is 6.54. The number of hydrogen-bond donors (Lipinski definition) is 4. The molecule has 54 heavy (non-hydrogen) atoms. The summed E-state index contributed by atoms with van der Waals surface area (Å²) in [4.78, 5) is 73.7. The minimum Gasteiger partial charge on any atom is -0.457 e. The molecule has 4 N–H and O–H groups in total. The Bertz CT molecular complexity index is 1870. The number of carbonyl (C=O) groups excluding carboxylic acids is 5. The lowest BCUT2D eigenvalue weighted by Crippen LogP contribution is -2.73. The number of β-lactam (4-membered cyclic amide) rings is 1. The number of carbonyl (C=O) groups is 5. The molecule has 300 valence electrons. The molecule has 0 unspecified atom stereocenters. The van der Waals surface area contributed by atoms with Gasteiger partial charge in [-0.05, 0) is 76.2 Å². The Balaban J connectivity index is 1.86. The van der Waals surface area contributed by atoms with E-state index in [1.807, 2.05) is 0 Å². The maximum absolute atomic E-state index is 13.8. The zero-order valence-corrected chi connectivity index (χ0v) is 33.5. The lowest BCUT2D eigenvalue weighted by atomic mass is 9.98. The summed E-state index contributed by atoms with van der Waals surface area (Å²) in [6.07, 6.45) is 0.162. The zero-order valence-electron chi connectivity index (χ0n) is 31.9. The molecule has 1 aliphatic heterocycles. The molecule has 2 aromatic heterocycles. The Morgan fingerprint density at radius 3 is 2.11 bits per heavy atom. The maximum atomic E-state index is 13.8. The largest absolute Gasteiger partial charge is 0.457 e. The fourth-order valence-electron chi connectivity index (χ4n) is 4.32. The van der Waals surface area contributed by atoms with Crippen LogP contribution in [-0.2, 0) is 56.7 Å². The topological polar surface area (TPSA) is 272 Å². The van der Waals surface area contributed by atoms with Gasteiger partial charge in [0.05, 0.1) is 18.3 Å². The molecule has 1 aliphatic rings. The lowest BCUT2D eigenvalue weighted by molar-refractivity contribution is -0.179. The van der Waals surface area contributed by atoms with Crippen molar-refractivity contribution in [1.82, 2.24) is 34.9 Å². The first kappa shape index (κ1) is 43.5. The molecule has 0 aliphatic carbocycles. The van der Waals surface area contributed by atoms with Crippen LogP contribution in [0.1, 0.15) is 87.5 Å². The average molecular weight is 802 g/mol. The summed E-state index contributed by atoms with van der Waals surface area (Å²) in [6.45, 7) is 17.5. The molecular weight excluding hydrogens is 755 g/mol. The van der Waals surface area contributed by atoms with Gasteiger partial charge in [-0.15, -0.1) is 16.4 Å². The van der Waals surface area contributed by atoms with E-state index in [2.05, 4.69) is 36.4 Å². The summed E-state index contributed by atoms with van der Waals surface area (Å²) in [7, 11) is -5.09. The van der Waals surface area contributed by atoms with Crippen molar-refractivity contribution in [3.63, 3.8) is 0 Å². The van der Waals surface area contributed by atoms with Crippen LogP contribution in [0.25, 0.3) is 0 Å². The van der Waals surface area contributed by atoms with Crippen molar-refractivity contribution in [2.24, 2.45) is 5.16 Å². The summed E-state index contributed by atoms with van der Waals surface area (Å²) < 4.78 is 51.4. The molecule has 0 spiro atoms. The van der Waals surface area contributed by atoms with Crippen LogP contribution in [-0.4, -0.2) is 114 Å². The highest BCUT2D eigenvalue weighted by Crippen LogP contribution is 2.26. The van der Waals surface area contributed by atoms with Gasteiger partial charge < -0.3 is 29.7 Å². The second-order valence-electron chi connectivity index (χ2n) is 15.4. The number of aromatic nitrogens is 4. The molecule has 0 radical (unpaired) electrons. The van der Waals surface area contributed by atoms with E-state index >= 15 is 0 Å². The minimum atomic E-state index is -5.09. The highest BCUT2D eigenvalue weighted by Gasteiger charge is 2.54. The van der Waals surface area contributed by atoms with E-state index in [1.165, 1.54) is 30.1 Å². The predicted octanol–water partition coefficient (Wildman–Crippen LogP) is 2.19. The van der Waals surface area contributed by atoms with Gasteiger partial charge in [-0.1, -0.05) is 10.4 Å². The van der Waals surface area contributed by atoms with Crippen molar-refractivity contribution in [1.29, 1.82) is 0 Å². The number of alkyl carbamates (subject to hydrolysis) is 1. The SMILES string of the molecule is CC(C)(C)OC(=O)NCCc1cn(C[C@@H]2[C@H](NC(=O)/C(=N\OC(C)(C)C(=O)OC(C)(C)C)c3csc(NC(=O)OC(C)(C)C)n3)C(=O)N2S(=O)(=O)O)nn1. The second-order valence-corrected chi connectivity index (χ2v) is 17.6. The van der Waals surface area contributed by atoms with Crippen molar-refractivity contribution < 1.29 is 56.0 Å². The van der Waals surface area contributed by atoms with E-state index in [0.29, 0.717) is 5.69 Å². The molecule has 2 aromatic rings. The lowest BCUT2D eigenvalue weighted by Gasteiger charge is -2.43. The molecule has 0 saturated carbocycles. The first-order chi connectivity index (χ1) is 24.5. The molecule has 23 heteroatoms. The predicted molar refractivity (Wildman–Crippen MR) is 192 cm³/mol. The maximum Gasteiger partial charge on any atom is 0.413 e. The number of thiazole rings is 1. The first-order valence-corrected chi connectivity index (χ1v) is 18.8. The van der Waals surface area contributed by atoms with E-state index in [-0.39, 0.29) is 34.6 Å². The molecule has 21 nitrogen and oxygen atoms in total. The van der Waals surface area contributed by atoms with E-state index in [4.69, 9.17) is 19.0 Å². The Kier molecular flexibility index (Phi) is 13.1. The quantitative estimate of drug-likeness (QED) is 0.0565. The molecule has 3 rings (SSSR count). The summed E-state index contributed by atoms with van der Waals surface area (Å²) in [6, 6.07) is -2.95. The summed E-state index contributed by atoms with van der Waals surface area (Å²) in [5.41, 5.74) is -4.51. The van der Waals surface area contributed by atoms with Crippen LogP contribution in [0.2, 0.25) is 0 Å². The van der Waals surface area contributed by atoms with Gasteiger partial charge in [0, 0.05) is 24.5 Å². The van der Waals surface area contributed by atoms with Crippen molar-refractivity contribution in [3.05, 3.63) is 23.0 Å². The Morgan fingerprint density at radius 2 is 1.54 bits per heavy atom. The molecule has 0 bridgehead atoms. The minimum absolute atomic E-state index is 0.00965. The fraction of sp³-hybridized carbons (Fsp3) is 0.645. The van der Waals surface area contributed by atoms with Crippen LogP contribution < -0.4 is 16.0 Å². The highest BCUT2D eigenvalue weighted by atomic mass is 32.2. The van der Waals surface area contributed by atoms with Crippen molar-refractivity contribution >= 4 is 62.5 Å². The Hall–Kier alpha value is -4.90. The standard InChI is InChI=1S/C31H47N9O12S2/c1-28(2,3)49-24(43)31(10,11)52-37-20(18-16-53-25(33-18)35-27(45)51-30(7,8)9)22(41)34-21-19(40(23(21)42)54(46,47)48)15-39-14-17(36-38-39)12-13-32-26(44)50-29(4,5)6/h14,16,19,21H,12-13,15H2,1-11H3,(H,32,44)(H,34,41)(H,33,35,45)(H,46,47,48)/b37-20-/t19-,21+/m1/s1. The van der Waals surface area contributed by atoms with E-state index in [9.17, 15) is 36.9 Å². The number of esters is 1. The first-order valence-electron chi connectivity index (χ1n) is 16.5. The molecule has 4 amide bonds. The number of nitrogens with zero attached hydrogens (tertiary/aromatic N) is 6. The van der Waals surface area contributed by atoms with E-state index < -0.39 is 80.5 Å². The fourth-order valence-corrected chi connectivity index (χ4v) is 5.88. The van der Waals surface area contributed by atoms with Crippen LogP contribution >= 0.6 is 11.3 Å². The molecule has 1 fully saturated rings. The Labute approximate surface area is 316 Å². The van der Waals surface area contributed by atoms with Crippen LogP contribution in [0.4, 0.5) is 14.7 Å². The number of oxime groups is 1. The molecule has 1 saturated heterocycles. The zero-order chi connectivity index (χ0) is 41.0. The number of nitrogens with one attached hydrogen (secondary N) is 3. The van der Waals surface area contributed by atoms with Gasteiger partial charge >= 0.3 is 28.5 Å². The van der Waals surface area contributed by atoms with Gasteiger partial charge in [-0.3, -0.25) is 24.1 Å². The normalized spacial score (nSPS) is 16.9. The molecular formula is C31H47N9O12S2. The van der Waals surface area contributed by atoms with Crippen molar-refractivity contribution in [2.45, 2.75) is 124 Å². The van der Waals surface area contributed by atoms with Crippen LogP contribution in [0, 0.1) is 0 Å². The average Bonchev–Trinajstić information content (AvgIpc) is 3.61. The summed E-state index contributed by atoms with van der Waals surface area (Å²) >= 11 is 0.887. The van der Waals surface area contributed by atoms with Crippen LogP contribution in [0.3, 0.4) is 0 Å². The highest BCUT2D eigenvalue weighted by molar-refractivity contribution is 7.84. The third-order valence-corrected chi connectivity index (χ3v) is 8.24. The number of ether oxygens (including phenoxy) is 3. The van der Waals surface area contributed by atoms with Gasteiger partial charge in [0.2, 0.25) is 5.60 Å². The number of rotatable bonds is 13. The van der Waals surface area contributed by atoms with E-state index in [0.717, 1.165) is 11.3 Å². The Morgan fingerprint density at radius 1 is 0.944 bits per heavy atom. The summed E-state index contributed by atoms with van der Waals surface area (Å²) in [5.74, 6) is -3.11. The van der Waals surface area contributed by atoms with Crippen LogP contribution in [0.15, 0.2) is 16.7 Å². The van der Waals surface area contributed by atoms with Crippen molar-refractivity contribution in [3.8, 4) is 0 Å². The monoisotopic (exact) mass is 801 g/mol. The number of amides is 4. The smallest absolute Gasteiger partial charge is 0.413 e. The van der Waals surface area contributed by atoms with Gasteiger partial charge in [-0.2, -0.15) is 8.42 Å². The molecule has 2 atom stereocenters. The number of hydrogen-bond acceptors (Lipinski definition) is 16. The van der Waals surface area contributed by atoms with Crippen LogP contribution in [0.5, 0.6) is 0 Å². The van der Waals surface area contributed by atoms with E-state index in [1.54, 1.807) is 62.3 Å². The van der Waals surface area contributed by atoms with Gasteiger partial charge in [-0.25, -0.2) is 23.7 Å².